The van der Waals surface area contributed by atoms with Crippen molar-refractivity contribution in [3.63, 3.8) is 0 Å². The lowest BCUT2D eigenvalue weighted by molar-refractivity contribution is -0.133. The molecule has 0 aromatic heterocycles. The van der Waals surface area contributed by atoms with Crippen LogP contribution in [0, 0.1) is 5.92 Å². The van der Waals surface area contributed by atoms with Crippen LogP contribution in [-0.2, 0) is 16.1 Å². The van der Waals surface area contributed by atoms with E-state index in [1.807, 2.05) is 0 Å². The van der Waals surface area contributed by atoms with Gasteiger partial charge in [-0.2, -0.15) is 0 Å². The molecule has 0 atom stereocenters. The topological polar surface area (TPSA) is 79.0 Å². The van der Waals surface area contributed by atoms with Gasteiger partial charge < -0.3 is 15.0 Å². The van der Waals surface area contributed by atoms with Gasteiger partial charge in [0.15, 0.2) is 0 Å². The van der Waals surface area contributed by atoms with E-state index < -0.39 is 5.54 Å². The molecule has 1 aromatic carbocycles. The van der Waals surface area contributed by atoms with Gasteiger partial charge in [-0.15, -0.1) is 0 Å². The zero-order valence-corrected chi connectivity index (χ0v) is 17.7. The summed E-state index contributed by atoms with van der Waals surface area (Å²) >= 11 is 0. The van der Waals surface area contributed by atoms with Crippen molar-refractivity contribution in [3.05, 3.63) is 35.4 Å². The first kappa shape index (κ1) is 21.3. The first-order chi connectivity index (χ1) is 13.7. The Morgan fingerprint density at radius 1 is 1.10 bits per heavy atom. The van der Waals surface area contributed by atoms with Gasteiger partial charge in [-0.05, 0) is 50.3 Å². The van der Waals surface area contributed by atoms with E-state index in [-0.39, 0.29) is 30.6 Å². The Kier molecular flexibility index (Phi) is 6.27. The lowest BCUT2D eigenvalue weighted by Crippen LogP contribution is -2.55. The molecule has 2 heterocycles. The van der Waals surface area contributed by atoms with Crippen LogP contribution >= 0.6 is 0 Å². The molecule has 3 amide bonds. The van der Waals surface area contributed by atoms with Crippen LogP contribution in [0.25, 0.3) is 0 Å². The quantitative estimate of drug-likeness (QED) is 0.586. The van der Waals surface area contributed by atoms with Crippen LogP contribution < -0.4 is 5.32 Å². The third-order valence-electron chi connectivity index (χ3n) is 5.45. The number of nitrogens with one attached hydrogen (secondary N) is 1. The smallest absolute Gasteiger partial charge is 0.338 e. The maximum absolute atomic E-state index is 13.1. The number of benzene rings is 1. The number of piperidine rings is 1. The second-order valence-corrected chi connectivity index (χ2v) is 8.75. The van der Waals surface area contributed by atoms with Gasteiger partial charge in [0.1, 0.15) is 5.54 Å². The fraction of sp³-hybridized carbons (Fsp3) is 0.591. The van der Waals surface area contributed by atoms with Crippen molar-refractivity contribution in [3.8, 4) is 0 Å². The van der Waals surface area contributed by atoms with Crippen LogP contribution in [0.5, 0.6) is 0 Å². The Balaban J connectivity index is 1.63. The molecular weight excluding hydrogens is 370 g/mol. The molecule has 2 saturated heterocycles. The summed E-state index contributed by atoms with van der Waals surface area (Å²) in [7, 11) is 0. The minimum atomic E-state index is -0.772. The van der Waals surface area contributed by atoms with Crippen LogP contribution in [0.1, 0.15) is 56.5 Å². The van der Waals surface area contributed by atoms with E-state index in [1.165, 1.54) is 4.90 Å². The number of esters is 1. The molecule has 1 N–H and O–H groups in total. The summed E-state index contributed by atoms with van der Waals surface area (Å²) in [6.45, 7) is 10.8. The number of amides is 3. The molecule has 1 aromatic rings. The van der Waals surface area contributed by atoms with Gasteiger partial charge in [0.05, 0.1) is 18.2 Å². The lowest BCUT2D eigenvalue weighted by Gasteiger charge is -2.38. The van der Waals surface area contributed by atoms with Crippen molar-refractivity contribution in [2.45, 2.75) is 58.7 Å². The molecular formula is C22H31N3O4. The van der Waals surface area contributed by atoms with Crippen molar-refractivity contribution in [2.75, 3.05) is 19.6 Å². The van der Waals surface area contributed by atoms with Crippen molar-refractivity contribution >= 4 is 17.9 Å². The summed E-state index contributed by atoms with van der Waals surface area (Å²) in [5.41, 5.74) is 0.475. The monoisotopic (exact) mass is 401 g/mol. The van der Waals surface area contributed by atoms with Crippen molar-refractivity contribution in [1.82, 2.24) is 15.1 Å². The second kappa shape index (κ2) is 8.53. The minimum absolute atomic E-state index is 0.144. The number of ether oxygens (including phenoxy) is 1. The van der Waals surface area contributed by atoms with Crippen LogP contribution in [0.2, 0.25) is 0 Å². The molecule has 0 saturated carbocycles. The first-order valence-corrected chi connectivity index (χ1v) is 10.4. The number of nitrogens with zero attached hydrogens (tertiary/aromatic N) is 2. The number of urea groups is 1. The average Bonchev–Trinajstić information content (AvgIpc) is 2.88. The summed E-state index contributed by atoms with van der Waals surface area (Å²) in [6, 6.07) is 6.51. The Hall–Kier alpha value is -2.41. The van der Waals surface area contributed by atoms with Gasteiger partial charge in [0.2, 0.25) is 0 Å². The van der Waals surface area contributed by atoms with Crippen LogP contribution in [0.15, 0.2) is 24.3 Å². The number of hydrogen-bond acceptors (Lipinski definition) is 5. The number of likely N-dealkylation sites (tertiary alicyclic amines) is 1. The fourth-order valence-electron chi connectivity index (χ4n) is 4.00. The summed E-state index contributed by atoms with van der Waals surface area (Å²) in [4.78, 5) is 41.2. The summed E-state index contributed by atoms with van der Waals surface area (Å²) in [5, 5.41) is 2.95. The van der Waals surface area contributed by atoms with Crippen molar-refractivity contribution in [2.24, 2.45) is 5.92 Å². The molecule has 2 aliphatic heterocycles. The number of imide groups is 1. The Morgan fingerprint density at radius 2 is 1.72 bits per heavy atom. The molecule has 158 valence electrons. The maximum atomic E-state index is 13.1. The normalized spacial score (nSPS) is 19.3. The number of carbonyl (C=O) groups excluding carboxylic acids is 3. The molecule has 0 radical (unpaired) electrons. The molecule has 1 spiro atoms. The largest absolute Gasteiger partial charge is 0.459 e. The summed E-state index contributed by atoms with van der Waals surface area (Å²) in [6.07, 6.45) is 1.10. The van der Waals surface area contributed by atoms with E-state index in [2.05, 4.69) is 24.1 Å². The zero-order chi connectivity index (χ0) is 21.2. The number of carbonyl (C=O) groups is 3. The molecule has 0 unspecified atom stereocenters. The highest BCUT2D eigenvalue weighted by atomic mass is 16.5. The Morgan fingerprint density at radius 3 is 2.28 bits per heavy atom. The molecule has 2 aliphatic rings. The van der Waals surface area contributed by atoms with E-state index in [0.717, 1.165) is 25.2 Å². The van der Waals surface area contributed by atoms with Gasteiger partial charge in [0, 0.05) is 19.6 Å². The van der Waals surface area contributed by atoms with Gasteiger partial charge in [-0.3, -0.25) is 9.69 Å². The molecule has 0 bridgehead atoms. The predicted molar refractivity (Wildman–Crippen MR) is 109 cm³/mol. The van der Waals surface area contributed by atoms with Crippen LogP contribution in [0.3, 0.4) is 0 Å². The second-order valence-electron chi connectivity index (χ2n) is 8.75. The van der Waals surface area contributed by atoms with Gasteiger partial charge in [-0.1, -0.05) is 26.0 Å². The first-order valence-electron chi connectivity index (χ1n) is 10.4. The van der Waals surface area contributed by atoms with E-state index in [9.17, 15) is 14.4 Å². The Bertz CT molecular complexity index is 765. The molecule has 29 heavy (non-hydrogen) atoms. The van der Waals surface area contributed by atoms with E-state index in [0.29, 0.717) is 24.3 Å². The Labute approximate surface area is 172 Å². The highest BCUT2D eigenvalue weighted by Gasteiger charge is 2.52. The standard InChI is InChI=1S/C22H31N3O4/c1-15(2)13-24-11-9-22(10-12-24)20(27)25(21(28)23-22)14-17-5-7-18(8-6-17)19(26)29-16(3)4/h5-8,15-16H,9-14H2,1-4H3,(H,23,28). The molecule has 2 fully saturated rings. The molecule has 7 nitrogen and oxygen atoms in total. The lowest BCUT2D eigenvalue weighted by atomic mass is 9.87. The molecule has 0 aliphatic carbocycles. The highest BCUT2D eigenvalue weighted by molar-refractivity contribution is 6.07. The third-order valence-corrected chi connectivity index (χ3v) is 5.45. The molecule has 3 rings (SSSR count). The highest BCUT2D eigenvalue weighted by Crippen LogP contribution is 2.30. The predicted octanol–water partition coefficient (Wildman–Crippen LogP) is 2.79. The minimum Gasteiger partial charge on any atom is -0.459 e. The van der Waals surface area contributed by atoms with Crippen LogP contribution in [-0.4, -0.2) is 59.0 Å². The van der Waals surface area contributed by atoms with Crippen LogP contribution in [0.4, 0.5) is 4.79 Å². The van der Waals surface area contributed by atoms with Crippen molar-refractivity contribution < 1.29 is 19.1 Å². The van der Waals surface area contributed by atoms with E-state index in [4.69, 9.17) is 4.74 Å². The van der Waals surface area contributed by atoms with Gasteiger partial charge in [-0.25, -0.2) is 9.59 Å². The molecule has 7 heteroatoms. The summed E-state index contributed by atoms with van der Waals surface area (Å²) in [5.74, 6) is 0.0545. The average molecular weight is 402 g/mol. The SMILES string of the molecule is CC(C)CN1CCC2(CC1)NC(=O)N(Cc1ccc(C(=O)OC(C)C)cc1)C2=O. The fourth-order valence-corrected chi connectivity index (χ4v) is 4.00. The van der Waals surface area contributed by atoms with E-state index >= 15 is 0 Å². The van der Waals surface area contributed by atoms with E-state index in [1.54, 1.807) is 38.1 Å². The van der Waals surface area contributed by atoms with Gasteiger partial charge in [0.25, 0.3) is 5.91 Å². The number of hydrogen-bond donors (Lipinski definition) is 1. The third kappa shape index (κ3) is 4.78. The summed E-state index contributed by atoms with van der Waals surface area (Å²) < 4.78 is 5.18. The van der Waals surface area contributed by atoms with Crippen molar-refractivity contribution in [1.29, 1.82) is 0 Å². The number of rotatable bonds is 6. The maximum Gasteiger partial charge on any atom is 0.338 e. The van der Waals surface area contributed by atoms with Gasteiger partial charge >= 0.3 is 12.0 Å². The zero-order valence-electron chi connectivity index (χ0n) is 17.7.